The third kappa shape index (κ3) is 2.77. The lowest BCUT2D eigenvalue weighted by Crippen LogP contribution is -2.04. The van der Waals surface area contributed by atoms with E-state index in [9.17, 15) is 9.18 Å². The lowest BCUT2D eigenvalue weighted by Gasteiger charge is -2.10. The highest BCUT2D eigenvalue weighted by Crippen LogP contribution is 2.27. The summed E-state index contributed by atoms with van der Waals surface area (Å²) in [5.41, 5.74) is 3.65. The van der Waals surface area contributed by atoms with Crippen LogP contribution in [0.4, 0.5) is 4.39 Å². The van der Waals surface area contributed by atoms with Crippen LogP contribution in [0.15, 0.2) is 49.0 Å². The molecular formula is C17H15FO2. The Bertz CT molecular complexity index is 657. The molecule has 2 aromatic rings. The molecule has 2 aromatic carbocycles. The van der Waals surface area contributed by atoms with Crippen molar-refractivity contribution in [1.29, 1.82) is 0 Å². The second-order valence-electron chi connectivity index (χ2n) is 4.54. The Morgan fingerprint density at radius 3 is 2.35 bits per heavy atom. The second kappa shape index (κ2) is 5.70. The fourth-order valence-electron chi connectivity index (χ4n) is 1.97. The predicted octanol–water partition coefficient (Wildman–Crippen LogP) is 4.31. The van der Waals surface area contributed by atoms with E-state index >= 15 is 0 Å². The Morgan fingerprint density at radius 1 is 1.15 bits per heavy atom. The van der Waals surface area contributed by atoms with Gasteiger partial charge >= 0.3 is 5.97 Å². The summed E-state index contributed by atoms with van der Waals surface area (Å²) in [6.07, 6.45) is 0. The molecule has 0 N–H and O–H groups in total. The van der Waals surface area contributed by atoms with Crippen molar-refractivity contribution in [3.63, 3.8) is 0 Å². The smallest absolute Gasteiger partial charge is 0.338 e. The molecule has 0 spiro atoms. The standard InChI is InChI=1S/C17H15FO2/c1-11(2)13-6-9-15(16(10-13)17(19)20-3)12-4-7-14(18)8-5-12/h4-10H,1H2,2-3H3. The Balaban J connectivity index is 2.59. The number of benzene rings is 2. The summed E-state index contributed by atoms with van der Waals surface area (Å²) in [5.74, 6) is -0.737. The summed E-state index contributed by atoms with van der Waals surface area (Å²) in [5, 5.41) is 0. The van der Waals surface area contributed by atoms with Gasteiger partial charge in [-0.05, 0) is 41.8 Å². The Labute approximate surface area is 117 Å². The van der Waals surface area contributed by atoms with Gasteiger partial charge in [-0.3, -0.25) is 0 Å². The molecule has 0 heterocycles. The Kier molecular flexibility index (Phi) is 3.99. The van der Waals surface area contributed by atoms with Crippen LogP contribution in [-0.2, 0) is 4.74 Å². The zero-order chi connectivity index (χ0) is 14.7. The quantitative estimate of drug-likeness (QED) is 0.777. The summed E-state index contributed by atoms with van der Waals surface area (Å²) in [4.78, 5) is 11.9. The molecule has 2 nitrogen and oxygen atoms in total. The van der Waals surface area contributed by atoms with Crippen molar-refractivity contribution in [3.05, 3.63) is 66.0 Å². The molecule has 0 aliphatic rings. The van der Waals surface area contributed by atoms with E-state index in [0.717, 1.165) is 16.7 Å². The van der Waals surface area contributed by atoms with E-state index in [1.807, 2.05) is 19.1 Å². The highest BCUT2D eigenvalue weighted by atomic mass is 19.1. The number of hydrogen-bond acceptors (Lipinski definition) is 2. The van der Waals surface area contributed by atoms with Gasteiger partial charge in [0.15, 0.2) is 0 Å². The van der Waals surface area contributed by atoms with Gasteiger partial charge in [0.05, 0.1) is 12.7 Å². The van der Waals surface area contributed by atoms with Gasteiger partial charge in [-0.2, -0.15) is 0 Å². The predicted molar refractivity (Wildman–Crippen MR) is 77.9 cm³/mol. The lowest BCUT2D eigenvalue weighted by molar-refractivity contribution is 0.0601. The fraction of sp³-hybridized carbons (Fsp3) is 0.118. The SMILES string of the molecule is C=C(C)c1ccc(-c2ccc(F)cc2)c(C(=O)OC)c1. The molecule has 0 fully saturated rings. The van der Waals surface area contributed by atoms with E-state index in [1.165, 1.54) is 19.2 Å². The first-order valence-electron chi connectivity index (χ1n) is 6.17. The maximum atomic E-state index is 13.0. The summed E-state index contributed by atoms with van der Waals surface area (Å²) in [6.45, 7) is 5.73. The van der Waals surface area contributed by atoms with Crippen molar-refractivity contribution in [3.8, 4) is 11.1 Å². The topological polar surface area (TPSA) is 26.3 Å². The van der Waals surface area contributed by atoms with Crippen LogP contribution < -0.4 is 0 Å². The number of methoxy groups -OCH3 is 1. The summed E-state index contributed by atoms with van der Waals surface area (Å²) < 4.78 is 17.8. The number of esters is 1. The van der Waals surface area contributed by atoms with Gasteiger partial charge in [-0.25, -0.2) is 9.18 Å². The molecule has 3 heteroatoms. The number of halogens is 1. The molecule has 0 radical (unpaired) electrons. The maximum Gasteiger partial charge on any atom is 0.338 e. The molecule has 0 bridgehead atoms. The summed E-state index contributed by atoms with van der Waals surface area (Å²) in [6, 6.07) is 11.4. The number of carbonyl (C=O) groups is 1. The molecule has 0 amide bonds. The highest BCUT2D eigenvalue weighted by Gasteiger charge is 2.14. The lowest BCUT2D eigenvalue weighted by atomic mass is 9.95. The van der Waals surface area contributed by atoms with Crippen LogP contribution in [0, 0.1) is 5.82 Å². The van der Waals surface area contributed by atoms with Crippen LogP contribution >= 0.6 is 0 Å². The molecular weight excluding hydrogens is 255 g/mol. The molecule has 0 atom stereocenters. The third-order valence-electron chi connectivity index (χ3n) is 3.07. The van der Waals surface area contributed by atoms with Gasteiger partial charge in [0, 0.05) is 0 Å². The summed E-state index contributed by atoms with van der Waals surface area (Å²) in [7, 11) is 1.34. The molecule has 0 aromatic heterocycles. The van der Waals surface area contributed by atoms with Crippen LogP contribution in [0.5, 0.6) is 0 Å². The monoisotopic (exact) mass is 270 g/mol. The van der Waals surface area contributed by atoms with E-state index in [0.29, 0.717) is 11.1 Å². The van der Waals surface area contributed by atoms with Crippen molar-refractivity contribution in [2.45, 2.75) is 6.92 Å². The Hall–Kier alpha value is -2.42. The molecule has 102 valence electrons. The molecule has 0 aliphatic heterocycles. The van der Waals surface area contributed by atoms with Crippen molar-refractivity contribution in [1.82, 2.24) is 0 Å². The van der Waals surface area contributed by atoms with E-state index in [1.54, 1.807) is 18.2 Å². The Morgan fingerprint density at radius 2 is 1.80 bits per heavy atom. The zero-order valence-electron chi connectivity index (χ0n) is 11.4. The number of hydrogen-bond donors (Lipinski definition) is 0. The van der Waals surface area contributed by atoms with Gasteiger partial charge in [-0.15, -0.1) is 0 Å². The minimum atomic E-state index is -0.424. The fourth-order valence-corrected chi connectivity index (χ4v) is 1.97. The van der Waals surface area contributed by atoms with Crippen LogP contribution in [-0.4, -0.2) is 13.1 Å². The van der Waals surface area contributed by atoms with Crippen molar-refractivity contribution >= 4 is 11.5 Å². The van der Waals surface area contributed by atoms with Crippen molar-refractivity contribution in [2.75, 3.05) is 7.11 Å². The third-order valence-corrected chi connectivity index (χ3v) is 3.07. The van der Waals surface area contributed by atoms with E-state index in [-0.39, 0.29) is 5.82 Å². The molecule has 20 heavy (non-hydrogen) atoms. The zero-order valence-corrected chi connectivity index (χ0v) is 11.4. The molecule has 0 aliphatic carbocycles. The minimum absolute atomic E-state index is 0.313. The van der Waals surface area contributed by atoms with Gasteiger partial charge in [0.1, 0.15) is 5.82 Å². The van der Waals surface area contributed by atoms with E-state index in [2.05, 4.69) is 6.58 Å². The first-order chi connectivity index (χ1) is 9.52. The van der Waals surface area contributed by atoms with E-state index < -0.39 is 5.97 Å². The second-order valence-corrected chi connectivity index (χ2v) is 4.54. The van der Waals surface area contributed by atoms with Crippen LogP contribution in [0.25, 0.3) is 16.7 Å². The molecule has 0 unspecified atom stereocenters. The van der Waals surface area contributed by atoms with Crippen LogP contribution in [0.2, 0.25) is 0 Å². The van der Waals surface area contributed by atoms with Gasteiger partial charge in [0.2, 0.25) is 0 Å². The summed E-state index contributed by atoms with van der Waals surface area (Å²) >= 11 is 0. The van der Waals surface area contributed by atoms with Gasteiger partial charge in [0.25, 0.3) is 0 Å². The maximum absolute atomic E-state index is 13.0. The number of allylic oxidation sites excluding steroid dienone is 1. The van der Waals surface area contributed by atoms with Crippen LogP contribution in [0.3, 0.4) is 0 Å². The number of carbonyl (C=O) groups excluding carboxylic acids is 1. The minimum Gasteiger partial charge on any atom is -0.465 e. The molecule has 2 rings (SSSR count). The molecule has 0 saturated carbocycles. The molecule has 0 saturated heterocycles. The van der Waals surface area contributed by atoms with Crippen molar-refractivity contribution in [2.24, 2.45) is 0 Å². The highest BCUT2D eigenvalue weighted by molar-refractivity contribution is 5.98. The van der Waals surface area contributed by atoms with E-state index in [4.69, 9.17) is 4.74 Å². The van der Waals surface area contributed by atoms with Gasteiger partial charge < -0.3 is 4.74 Å². The average Bonchev–Trinajstić information content (AvgIpc) is 2.46. The largest absolute Gasteiger partial charge is 0.465 e. The first-order valence-corrected chi connectivity index (χ1v) is 6.17. The number of ether oxygens (including phenoxy) is 1. The number of rotatable bonds is 3. The normalized spacial score (nSPS) is 10.2. The average molecular weight is 270 g/mol. The van der Waals surface area contributed by atoms with Crippen molar-refractivity contribution < 1.29 is 13.9 Å². The van der Waals surface area contributed by atoms with Crippen LogP contribution in [0.1, 0.15) is 22.8 Å². The van der Waals surface area contributed by atoms with Gasteiger partial charge in [-0.1, -0.05) is 36.4 Å². The first kappa shape index (κ1) is 14.0.